The third-order valence-electron chi connectivity index (χ3n) is 3.51. The number of pyridine rings is 1. The minimum Gasteiger partial charge on any atom is -0.314 e. The molecule has 88 valence electrons. The van der Waals surface area contributed by atoms with E-state index in [-0.39, 0.29) is 0 Å². The number of rotatable bonds is 4. The van der Waals surface area contributed by atoms with E-state index in [9.17, 15) is 0 Å². The van der Waals surface area contributed by atoms with Crippen LogP contribution in [0.1, 0.15) is 50.5 Å². The van der Waals surface area contributed by atoms with Gasteiger partial charge in [-0.05, 0) is 49.8 Å². The first-order chi connectivity index (χ1) is 7.90. The van der Waals surface area contributed by atoms with E-state index in [0.29, 0.717) is 0 Å². The molecule has 0 radical (unpaired) electrons. The van der Waals surface area contributed by atoms with Crippen LogP contribution in [0, 0.1) is 0 Å². The number of nitrogens with zero attached hydrogens (tertiary/aromatic N) is 1. The van der Waals surface area contributed by atoms with E-state index in [0.717, 1.165) is 18.5 Å². The van der Waals surface area contributed by atoms with Crippen LogP contribution in [0.2, 0.25) is 0 Å². The minimum absolute atomic E-state index is 0.719. The van der Waals surface area contributed by atoms with Gasteiger partial charge in [-0.25, -0.2) is 0 Å². The Balaban J connectivity index is 1.91. The molecule has 2 heteroatoms. The van der Waals surface area contributed by atoms with E-state index >= 15 is 0 Å². The topological polar surface area (TPSA) is 24.9 Å². The van der Waals surface area contributed by atoms with Crippen molar-refractivity contribution in [1.29, 1.82) is 0 Å². The molecule has 16 heavy (non-hydrogen) atoms. The van der Waals surface area contributed by atoms with Crippen LogP contribution in [-0.2, 0) is 0 Å². The molecule has 1 aromatic heterocycles. The average molecular weight is 218 g/mol. The molecular formula is C14H22N2. The molecule has 2 atom stereocenters. The maximum atomic E-state index is 4.23. The first kappa shape index (κ1) is 11.6. The lowest BCUT2D eigenvalue weighted by atomic mass is 9.82. The minimum atomic E-state index is 0.719. The van der Waals surface area contributed by atoms with Gasteiger partial charge >= 0.3 is 0 Å². The van der Waals surface area contributed by atoms with E-state index in [2.05, 4.69) is 29.4 Å². The molecule has 0 bridgehead atoms. The first-order valence-electron chi connectivity index (χ1n) is 6.53. The maximum Gasteiger partial charge on any atom is 0.0302 e. The van der Waals surface area contributed by atoms with Crippen molar-refractivity contribution in [1.82, 2.24) is 10.3 Å². The molecule has 1 aliphatic carbocycles. The van der Waals surface area contributed by atoms with Gasteiger partial charge in [0.25, 0.3) is 0 Å². The molecule has 0 amide bonds. The van der Waals surface area contributed by atoms with E-state index in [1.165, 1.54) is 37.7 Å². The van der Waals surface area contributed by atoms with E-state index in [4.69, 9.17) is 0 Å². The smallest absolute Gasteiger partial charge is 0.0302 e. The van der Waals surface area contributed by atoms with Crippen molar-refractivity contribution in [2.45, 2.75) is 51.0 Å². The van der Waals surface area contributed by atoms with Gasteiger partial charge in [-0.1, -0.05) is 19.4 Å². The molecule has 1 heterocycles. The number of aromatic nitrogens is 1. The molecule has 0 spiro atoms. The summed E-state index contributed by atoms with van der Waals surface area (Å²) < 4.78 is 0. The van der Waals surface area contributed by atoms with Crippen molar-refractivity contribution in [2.24, 2.45) is 0 Å². The highest BCUT2D eigenvalue weighted by Gasteiger charge is 2.22. The quantitative estimate of drug-likeness (QED) is 0.840. The van der Waals surface area contributed by atoms with Gasteiger partial charge in [0.15, 0.2) is 0 Å². The lowest BCUT2D eigenvalue weighted by molar-refractivity contribution is 0.340. The Hall–Kier alpha value is -0.890. The van der Waals surface area contributed by atoms with Crippen molar-refractivity contribution in [2.75, 3.05) is 6.54 Å². The van der Waals surface area contributed by atoms with Gasteiger partial charge in [-0.2, -0.15) is 0 Å². The molecule has 1 saturated carbocycles. The Morgan fingerprint density at radius 1 is 1.44 bits per heavy atom. The molecule has 2 unspecified atom stereocenters. The van der Waals surface area contributed by atoms with E-state index in [1.807, 2.05) is 12.4 Å². The molecule has 1 fully saturated rings. The third kappa shape index (κ3) is 3.05. The van der Waals surface area contributed by atoms with Gasteiger partial charge in [0.1, 0.15) is 0 Å². The molecule has 0 aromatic carbocycles. The number of hydrogen-bond donors (Lipinski definition) is 1. The zero-order valence-electron chi connectivity index (χ0n) is 10.2. The van der Waals surface area contributed by atoms with Gasteiger partial charge in [0, 0.05) is 18.4 Å². The Morgan fingerprint density at radius 3 is 3.12 bits per heavy atom. The molecule has 1 N–H and O–H groups in total. The summed E-state index contributed by atoms with van der Waals surface area (Å²) in [5.74, 6) is 0.719. The normalized spacial score (nSPS) is 25.6. The van der Waals surface area contributed by atoms with Crippen molar-refractivity contribution in [3.05, 3.63) is 30.1 Å². The largest absolute Gasteiger partial charge is 0.314 e. The Bertz CT molecular complexity index is 297. The summed E-state index contributed by atoms with van der Waals surface area (Å²) in [7, 11) is 0. The summed E-state index contributed by atoms with van der Waals surface area (Å²) in [4.78, 5) is 4.23. The van der Waals surface area contributed by atoms with E-state index < -0.39 is 0 Å². The Morgan fingerprint density at radius 2 is 2.38 bits per heavy atom. The molecule has 0 aliphatic heterocycles. The van der Waals surface area contributed by atoms with Crippen LogP contribution < -0.4 is 5.32 Å². The van der Waals surface area contributed by atoms with Gasteiger partial charge < -0.3 is 5.32 Å². The van der Waals surface area contributed by atoms with Gasteiger partial charge in [-0.3, -0.25) is 4.98 Å². The fourth-order valence-electron chi connectivity index (χ4n) is 2.64. The predicted octanol–water partition coefficient (Wildman–Crippen LogP) is 3.11. The fourth-order valence-corrected chi connectivity index (χ4v) is 2.64. The van der Waals surface area contributed by atoms with E-state index in [1.54, 1.807) is 0 Å². The van der Waals surface area contributed by atoms with Crippen LogP contribution in [-0.4, -0.2) is 17.6 Å². The van der Waals surface area contributed by atoms with Crippen LogP contribution in [0.5, 0.6) is 0 Å². The summed E-state index contributed by atoms with van der Waals surface area (Å²) in [6.45, 7) is 3.39. The SMILES string of the molecule is CCCNC1CCCC(c2cccnc2)C1. The first-order valence-corrected chi connectivity index (χ1v) is 6.53. The van der Waals surface area contributed by atoms with Crippen LogP contribution in [0.15, 0.2) is 24.5 Å². The summed E-state index contributed by atoms with van der Waals surface area (Å²) in [6, 6.07) is 5.00. The predicted molar refractivity (Wildman–Crippen MR) is 67.5 cm³/mol. The highest BCUT2D eigenvalue weighted by molar-refractivity contribution is 5.15. The van der Waals surface area contributed by atoms with Gasteiger partial charge in [-0.15, -0.1) is 0 Å². The van der Waals surface area contributed by atoms with Gasteiger partial charge in [0.2, 0.25) is 0 Å². The van der Waals surface area contributed by atoms with Gasteiger partial charge in [0.05, 0.1) is 0 Å². The molecule has 2 nitrogen and oxygen atoms in total. The van der Waals surface area contributed by atoms with Crippen molar-refractivity contribution >= 4 is 0 Å². The monoisotopic (exact) mass is 218 g/mol. The van der Waals surface area contributed by atoms with Crippen molar-refractivity contribution in [3.63, 3.8) is 0 Å². The zero-order valence-corrected chi connectivity index (χ0v) is 10.2. The highest BCUT2D eigenvalue weighted by atomic mass is 14.9. The maximum absolute atomic E-state index is 4.23. The summed E-state index contributed by atoms with van der Waals surface area (Å²) in [6.07, 6.45) is 10.4. The van der Waals surface area contributed by atoms with Crippen LogP contribution in [0.25, 0.3) is 0 Å². The van der Waals surface area contributed by atoms with Crippen molar-refractivity contribution in [3.8, 4) is 0 Å². The second-order valence-electron chi connectivity index (χ2n) is 4.80. The zero-order chi connectivity index (χ0) is 11.2. The lowest BCUT2D eigenvalue weighted by Gasteiger charge is -2.30. The molecule has 1 aromatic rings. The van der Waals surface area contributed by atoms with Crippen LogP contribution >= 0.6 is 0 Å². The highest BCUT2D eigenvalue weighted by Crippen LogP contribution is 2.32. The standard InChI is InChI=1S/C14H22N2/c1-2-8-16-14-7-3-5-12(10-14)13-6-4-9-15-11-13/h4,6,9,11-12,14,16H,2-3,5,7-8,10H2,1H3. The van der Waals surface area contributed by atoms with Crippen LogP contribution in [0.3, 0.4) is 0 Å². The number of hydrogen-bond acceptors (Lipinski definition) is 2. The molecular weight excluding hydrogens is 196 g/mol. The average Bonchev–Trinajstić information content (AvgIpc) is 2.38. The third-order valence-corrected chi connectivity index (χ3v) is 3.51. The van der Waals surface area contributed by atoms with Crippen molar-refractivity contribution < 1.29 is 0 Å². The summed E-state index contributed by atoms with van der Waals surface area (Å²) in [5.41, 5.74) is 1.42. The molecule has 1 aliphatic rings. The second kappa shape index (κ2) is 6.00. The second-order valence-corrected chi connectivity index (χ2v) is 4.80. The molecule has 0 saturated heterocycles. The lowest BCUT2D eigenvalue weighted by Crippen LogP contribution is -2.34. The summed E-state index contributed by atoms with van der Waals surface area (Å²) >= 11 is 0. The fraction of sp³-hybridized carbons (Fsp3) is 0.643. The number of nitrogens with one attached hydrogen (secondary N) is 1. The van der Waals surface area contributed by atoms with Crippen LogP contribution in [0.4, 0.5) is 0 Å². The Labute approximate surface area is 98.5 Å². The molecule has 2 rings (SSSR count). The Kier molecular flexibility index (Phi) is 4.34. The summed E-state index contributed by atoms with van der Waals surface area (Å²) in [5, 5.41) is 3.65.